The number of amides is 4. The Bertz CT molecular complexity index is 1400. The lowest BCUT2D eigenvalue weighted by molar-refractivity contribution is -0.139. The standard InChI is InChI=1S/C25H26N4O7S/c30-22(16-29-23(31)25(26-24(29)32)8-7-17-3-1-2-4-19(17)25)27-9-11-28(12-10-27)37(33,34)18-5-6-20-21(15-18)36-14-13-35-20/h1-6,15H,7-14,16H2,(H,26,32)/t25-/m0/s1. The summed E-state index contributed by atoms with van der Waals surface area (Å²) in [4.78, 5) is 41.7. The van der Waals surface area contributed by atoms with E-state index >= 15 is 0 Å². The Kier molecular flexibility index (Phi) is 5.60. The van der Waals surface area contributed by atoms with E-state index in [9.17, 15) is 22.8 Å². The molecule has 0 bridgehead atoms. The van der Waals surface area contributed by atoms with Crippen molar-refractivity contribution in [1.82, 2.24) is 19.4 Å². The first kappa shape index (κ1) is 23.7. The highest BCUT2D eigenvalue weighted by Crippen LogP contribution is 2.41. The maximum absolute atomic E-state index is 13.3. The molecule has 12 heteroatoms. The van der Waals surface area contributed by atoms with Crippen LogP contribution in [0.15, 0.2) is 47.4 Å². The number of urea groups is 1. The molecule has 1 aliphatic carbocycles. The molecule has 0 radical (unpaired) electrons. The molecule has 3 heterocycles. The second-order valence-electron chi connectivity index (χ2n) is 9.47. The topological polar surface area (TPSA) is 126 Å². The maximum atomic E-state index is 13.3. The van der Waals surface area contributed by atoms with Crippen LogP contribution in [0.2, 0.25) is 0 Å². The van der Waals surface area contributed by atoms with Gasteiger partial charge < -0.3 is 19.7 Å². The zero-order valence-corrected chi connectivity index (χ0v) is 20.8. The monoisotopic (exact) mass is 526 g/mol. The Hall–Kier alpha value is -3.64. The first-order valence-electron chi connectivity index (χ1n) is 12.2. The summed E-state index contributed by atoms with van der Waals surface area (Å²) in [6.45, 7) is 0.875. The predicted molar refractivity (Wildman–Crippen MR) is 129 cm³/mol. The molecule has 0 aromatic heterocycles. The fourth-order valence-corrected chi connectivity index (χ4v) is 6.92. The largest absolute Gasteiger partial charge is 0.486 e. The molecule has 3 aliphatic heterocycles. The minimum absolute atomic E-state index is 0.0954. The number of ether oxygens (including phenoxy) is 2. The second kappa shape index (κ2) is 8.73. The highest BCUT2D eigenvalue weighted by atomic mass is 32.2. The molecule has 194 valence electrons. The summed E-state index contributed by atoms with van der Waals surface area (Å²) in [7, 11) is -3.80. The van der Waals surface area contributed by atoms with E-state index in [2.05, 4.69) is 5.32 Å². The number of piperazine rings is 1. The number of benzene rings is 2. The molecular weight excluding hydrogens is 500 g/mol. The van der Waals surface area contributed by atoms with Crippen molar-refractivity contribution in [2.45, 2.75) is 23.3 Å². The summed E-state index contributed by atoms with van der Waals surface area (Å²) in [5.74, 6) is 0.0696. The molecule has 2 fully saturated rings. The van der Waals surface area contributed by atoms with Crippen molar-refractivity contribution in [3.8, 4) is 11.5 Å². The van der Waals surface area contributed by atoms with Crippen LogP contribution in [-0.4, -0.2) is 86.3 Å². The molecule has 0 unspecified atom stereocenters. The summed E-state index contributed by atoms with van der Waals surface area (Å²) >= 11 is 0. The molecule has 4 amide bonds. The van der Waals surface area contributed by atoms with Gasteiger partial charge in [-0.3, -0.25) is 14.5 Å². The summed E-state index contributed by atoms with van der Waals surface area (Å²) < 4.78 is 38.6. The van der Waals surface area contributed by atoms with E-state index in [-0.39, 0.29) is 37.6 Å². The second-order valence-corrected chi connectivity index (χ2v) is 11.4. The number of hydrogen-bond acceptors (Lipinski definition) is 7. The number of nitrogens with one attached hydrogen (secondary N) is 1. The molecule has 2 aromatic carbocycles. The van der Waals surface area contributed by atoms with Crippen LogP contribution >= 0.6 is 0 Å². The lowest BCUT2D eigenvalue weighted by atomic mass is 9.92. The number of fused-ring (bicyclic) bond motifs is 3. The third kappa shape index (κ3) is 3.82. The fraction of sp³-hybridized carbons (Fsp3) is 0.400. The Morgan fingerprint density at radius 1 is 0.973 bits per heavy atom. The molecule has 6 rings (SSSR count). The van der Waals surface area contributed by atoms with Crippen LogP contribution in [-0.2, 0) is 31.6 Å². The Morgan fingerprint density at radius 3 is 2.49 bits per heavy atom. The normalized spacial score (nSPS) is 23.4. The van der Waals surface area contributed by atoms with Crippen molar-refractivity contribution >= 4 is 27.9 Å². The highest BCUT2D eigenvalue weighted by molar-refractivity contribution is 7.89. The van der Waals surface area contributed by atoms with E-state index < -0.39 is 33.4 Å². The lowest BCUT2D eigenvalue weighted by Crippen LogP contribution is -2.53. The fourth-order valence-electron chi connectivity index (χ4n) is 5.48. The minimum Gasteiger partial charge on any atom is -0.486 e. The summed E-state index contributed by atoms with van der Waals surface area (Å²) in [6, 6.07) is 11.4. The Balaban J connectivity index is 1.10. The van der Waals surface area contributed by atoms with E-state index in [1.807, 2.05) is 24.3 Å². The van der Waals surface area contributed by atoms with Gasteiger partial charge in [-0.05, 0) is 36.1 Å². The highest BCUT2D eigenvalue weighted by Gasteiger charge is 2.55. The van der Waals surface area contributed by atoms with Crippen molar-refractivity contribution < 1.29 is 32.3 Å². The van der Waals surface area contributed by atoms with Crippen molar-refractivity contribution in [2.24, 2.45) is 0 Å². The van der Waals surface area contributed by atoms with E-state index in [0.29, 0.717) is 37.6 Å². The summed E-state index contributed by atoms with van der Waals surface area (Å²) in [6.07, 6.45) is 1.13. The van der Waals surface area contributed by atoms with Crippen molar-refractivity contribution in [3.63, 3.8) is 0 Å². The number of sulfonamides is 1. The van der Waals surface area contributed by atoms with Crippen LogP contribution in [0.5, 0.6) is 11.5 Å². The van der Waals surface area contributed by atoms with Crippen molar-refractivity contribution in [2.75, 3.05) is 45.9 Å². The molecule has 2 aromatic rings. The van der Waals surface area contributed by atoms with Gasteiger partial charge in [-0.1, -0.05) is 24.3 Å². The molecule has 0 saturated carbocycles. The van der Waals surface area contributed by atoms with Gasteiger partial charge in [-0.25, -0.2) is 13.2 Å². The number of carbonyl (C=O) groups excluding carboxylic acids is 3. The van der Waals surface area contributed by atoms with E-state index in [0.717, 1.165) is 16.0 Å². The van der Waals surface area contributed by atoms with Crippen molar-refractivity contribution in [1.29, 1.82) is 0 Å². The zero-order chi connectivity index (χ0) is 25.8. The third-order valence-electron chi connectivity index (χ3n) is 7.46. The maximum Gasteiger partial charge on any atom is 0.325 e. The Labute approximate surface area is 214 Å². The van der Waals surface area contributed by atoms with Gasteiger partial charge in [0, 0.05) is 32.2 Å². The van der Waals surface area contributed by atoms with Gasteiger partial charge in [-0.15, -0.1) is 0 Å². The van der Waals surface area contributed by atoms with Crippen LogP contribution in [0, 0.1) is 0 Å². The zero-order valence-electron chi connectivity index (χ0n) is 20.0. The lowest BCUT2D eigenvalue weighted by Gasteiger charge is -2.34. The molecule has 4 aliphatic rings. The van der Waals surface area contributed by atoms with Gasteiger partial charge in [0.2, 0.25) is 15.9 Å². The predicted octanol–water partition coefficient (Wildman–Crippen LogP) is 0.684. The third-order valence-corrected chi connectivity index (χ3v) is 9.35. The smallest absolute Gasteiger partial charge is 0.325 e. The van der Waals surface area contributed by atoms with Crippen LogP contribution in [0.3, 0.4) is 0 Å². The number of rotatable bonds is 4. The quantitative estimate of drug-likeness (QED) is 0.581. The first-order chi connectivity index (χ1) is 17.8. The molecule has 1 spiro atoms. The van der Waals surface area contributed by atoms with Crippen molar-refractivity contribution in [3.05, 3.63) is 53.6 Å². The van der Waals surface area contributed by atoms with E-state index in [4.69, 9.17) is 9.47 Å². The van der Waals surface area contributed by atoms with Gasteiger partial charge in [0.05, 0.1) is 4.90 Å². The van der Waals surface area contributed by atoms with Gasteiger partial charge in [-0.2, -0.15) is 4.31 Å². The molecule has 37 heavy (non-hydrogen) atoms. The Morgan fingerprint density at radius 2 is 1.70 bits per heavy atom. The minimum atomic E-state index is -3.80. The van der Waals surface area contributed by atoms with Crippen LogP contribution in [0.4, 0.5) is 4.79 Å². The number of aryl methyl sites for hydroxylation is 1. The average molecular weight is 527 g/mol. The average Bonchev–Trinajstić information content (AvgIpc) is 3.41. The molecule has 1 N–H and O–H groups in total. The first-order valence-corrected chi connectivity index (χ1v) is 13.6. The van der Waals surface area contributed by atoms with E-state index in [1.54, 1.807) is 6.07 Å². The number of hydrogen-bond donors (Lipinski definition) is 1. The number of carbonyl (C=O) groups is 3. The van der Waals surface area contributed by atoms with Gasteiger partial charge in [0.25, 0.3) is 5.91 Å². The summed E-state index contributed by atoms with van der Waals surface area (Å²) in [5.41, 5.74) is 0.672. The van der Waals surface area contributed by atoms with Gasteiger partial charge >= 0.3 is 6.03 Å². The van der Waals surface area contributed by atoms with Crippen LogP contribution in [0.1, 0.15) is 17.5 Å². The van der Waals surface area contributed by atoms with E-state index in [1.165, 1.54) is 21.3 Å². The number of nitrogens with zero attached hydrogens (tertiary/aromatic N) is 3. The molecule has 1 atom stereocenters. The SMILES string of the molecule is O=C(CN1C(=O)N[C@]2(CCc3ccccc32)C1=O)N1CCN(S(=O)(=O)c2ccc3c(c2)OCCO3)CC1. The van der Waals surface area contributed by atoms with Crippen LogP contribution in [0.25, 0.3) is 0 Å². The van der Waals surface area contributed by atoms with Gasteiger partial charge in [0.15, 0.2) is 11.5 Å². The van der Waals surface area contributed by atoms with Crippen LogP contribution < -0.4 is 14.8 Å². The van der Waals surface area contributed by atoms with Gasteiger partial charge in [0.1, 0.15) is 25.3 Å². The molecular formula is C25H26N4O7S. The number of imide groups is 1. The molecule has 11 nitrogen and oxygen atoms in total. The molecule has 2 saturated heterocycles. The summed E-state index contributed by atoms with van der Waals surface area (Å²) in [5, 5.41) is 2.82.